The number of aromatic hydroxyl groups is 1. The van der Waals surface area contributed by atoms with Crippen molar-refractivity contribution in [1.82, 2.24) is 5.32 Å². The van der Waals surface area contributed by atoms with Gasteiger partial charge in [-0.15, -0.1) is 11.6 Å². The average molecular weight is 272 g/mol. The molecule has 98 valence electrons. The van der Waals surface area contributed by atoms with Gasteiger partial charge < -0.3 is 15.2 Å². The maximum atomic E-state index is 11.8. The van der Waals surface area contributed by atoms with Crippen LogP contribution in [0.4, 0.5) is 0 Å². The highest BCUT2D eigenvalue weighted by Crippen LogP contribution is 2.21. The molecule has 0 saturated carbocycles. The summed E-state index contributed by atoms with van der Waals surface area (Å²) in [5.74, 6) is -1.20. The second kappa shape index (κ2) is 6.26. The van der Waals surface area contributed by atoms with Gasteiger partial charge in [0.1, 0.15) is 11.1 Å². The molecule has 0 aliphatic heterocycles. The molecule has 2 N–H and O–H groups in total. The quantitative estimate of drug-likeness (QED) is 0.638. The maximum absolute atomic E-state index is 11.8. The first kappa shape index (κ1) is 14.3. The van der Waals surface area contributed by atoms with Gasteiger partial charge in [-0.1, -0.05) is 12.1 Å². The number of benzene rings is 1. The molecule has 0 fully saturated rings. The molecule has 1 rings (SSSR count). The molecule has 1 unspecified atom stereocenters. The van der Waals surface area contributed by atoms with Crippen molar-refractivity contribution >= 4 is 23.5 Å². The standard InChI is InChI=1S/C12H14ClNO4/c1-7-4-3-5-8(10(7)15)11(16)14-6-9(13)12(17)18-2/h3-5,9,15H,6H2,1-2H3,(H,14,16). The first-order valence-electron chi connectivity index (χ1n) is 5.26. The number of carbonyl (C=O) groups is 2. The third-order valence-corrected chi connectivity index (χ3v) is 2.71. The molecule has 0 radical (unpaired) electrons. The van der Waals surface area contributed by atoms with Crippen LogP contribution in [0.1, 0.15) is 15.9 Å². The van der Waals surface area contributed by atoms with Crippen LogP contribution >= 0.6 is 11.6 Å². The summed E-state index contributed by atoms with van der Waals surface area (Å²) < 4.78 is 4.42. The van der Waals surface area contributed by atoms with E-state index >= 15 is 0 Å². The van der Waals surface area contributed by atoms with E-state index < -0.39 is 17.3 Å². The van der Waals surface area contributed by atoms with Crippen LogP contribution < -0.4 is 5.32 Å². The van der Waals surface area contributed by atoms with Gasteiger partial charge in [0.2, 0.25) is 0 Å². The van der Waals surface area contributed by atoms with E-state index in [0.29, 0.717) is 5.56 Å². The molecular weight excluding hydrogens is 258 g/mol. The Morgan fingerprint density at radius 2 is 2.17 bits per heavy atom. The number of ether oxygens (including phenoxy) is 1. The Kier molecular flexibility index (Phi) is 4.97. The fourth-order valence-electron chi connectivity index (χ4n) is 1.33. The predicted molar refractivity (Wildman–Crippen MR) is 66.8 cm³/mol. The SMILES string of the molecule is COC(=O)C(Cl)CNC(=O)c1cccc(C)c1O. The number of hydrogen-bond acceptors (Lipinski definition) is 4. The summed E-state index contributed by atoms with van der Waals surface area (Å²) in [7, 11) is 1.21. The largest absolute Gasteiger partial charge is 0.507 e. The van der Waals surface area contributed by atoms with Gasteiger partial charge in [0.25, 0.3) is 5.91 Å². The lowest BCUT2D eigenvalue weighted by Gasteiger charge is -2.10. The van der Waals surface area contributed by atoms with E-state index in [9.17, 15) is 14.7 Å². The van der Waals surface area contributed by atoms with Crippen LogP contribution in [0, 0.1) is 6.92 Å². The molecule has 0 aliphatic carbocycles. The van der Waals surface area contributed by atoms with Crippen LogP contribution in [0.2, 0.25) is 0 Å². The summed E-state index contributed by atoms with van der Waals surface area (Å²) in [6.07, 6.45) is 0. The number of rotatable bonds is 4. The zero-order valence-corrected chi connectivity index (χ0v) is 10.8. The predicted octanol–water partition coefficient (Wildman–Crippen LogP) is 1.21. The number of phenols is 1. The minimum absolute atomic E-state index is 0.0690. The second-order valence-corrected chi connectivity index (χ2v) is 4.20. The highest BCUT2D eigenvalue weighted by atomic mass is 35.5. The normalized spacial score (nSPS) is 11.7. The van der Waals surface area contributed by atoms with Gasteiger partial charge >= 0.3 is 5.97 Å². The highest BCUT2D eigenvalue weighted by Gasteiger charge is 2.18. The lowest BCUT2D eigenvalue weighted by atomic mass is 10.1. The number of phenolic OH excluding ortho intramolecular Hbond substituents is 1. The van der Waals surface area contributed by atoms with E-state index in [1.165, 1.54) is 13.2 Å². The summed E-state index contributed by atoms with van der Waals surface area (Å²) in [5, 5.41) is 11.2. The van der Waals surface area contributed by atoms with Gasteiger partial charge in [-0.2, -0.15) is 0 Å². The van der Waals surface area contributed by atoms with E-state index in [0.717, 1.165) is 0 Å². The fraction of sp³-hybridized carbons (Fsp3) is 0.333. The Morgan fingerprint density at radius 3 is 2.78 bits per heavy atom. The molecular formula is C12H14ClNO4. The number of methoxy groups -OCH3 is 1. The zero-order valence-electron chi connectivity index (χ0n) is 10.1. The monoisotopic (exact) mass is 271 g/mol. The molecule has 0 aliphatic rings. The molecule has 0 aromatic heterocycles. The van der Waals surface area contributed by atoms with Crippen molar-refractivity contribution in [2.45, 2.75) is 12.3 Å². The van der Waals surface area contributed by atoms with E-state index in [-0.39, 0.29) is 17.9 Å². The molecule has 6 heteroatoms. The minimum Gasteiger partial charge on any atom is -0.507 e. The maximum Gasteiger partial charge on any atom is 0.325 e. The van der Waals surface area contributed by atoms with Crippen molar-refractivity contribution in [3.63, 3.8) is 0 Å². The molecule has 1 aromatic carbocycles. The van der Waals surface area contributed by atoms with Crippen LogP contribution in [-0.2, 0) is 9.53 Å². The third kappa shape index (κ3) is 3.37. The molecule has 0 heterocycles. The van der Waals surface area contributed by atoms with Crippen molar-refractivity contribution in [3.05, 3.63) is 29.3 Å². The molecule has 0 spiro atoms. The van der Waals surface area contributed by atoms with Crippen LogP contribution in [0.25, 0.3) is 0 Å². The summed E-state index contributed by atoms with van der Waals surface area (Å²) in [5.41, 5.74) is 0.738. The van der Waals surface area contributed by atoms with Crippen molar-refractivity contribution in [1.29, 1.82) is 0 Å². The number of esters is 1. The van der Waals surface area contributed by atoms with Gasteiger partial charge in [-0.25, -0.2) is 0 Å². The van der Waals surface area contributed by atoms with Crippen LogP contribution in [0.3, 0.4) is 0 Å². The summed E-state index contributed by atoms with van der Waals surface area (Å²) in [6, 6.07) is 4.83. The number of aryl methyl sites for hydroxylation is 1. The highest BCUT2D eigenvalue weighted by molar-refractivity contribution is 6.30. The van der Waals surface area contributed by atoms with Crippen molar-refractivity contribution < 1.29 is 19.4 Å². The van der Waals surface area contributed by atoms with Crippen LogP contribution in [0.15, 0.2) is 18.2 Å². The first-order chi connectivity index (χ1) is 8.47. The van der Waals surface area contributed by atoms with Gasteiger partial charge in [0.05, 0.1) is 12.7 Å². The minimum atomic E-state index is -0.953. The van der Waals surface area contributed by atoms with E-state index in [2.05, 4.69) is 10.1 Å². The average Bonchev–Trinajstić information content (AvgIpc) is 2.37. The topological polar surface area (TPSA) is 75.6 Å². The Labute approximate surface area is 110 Å². The summed E-state index contributed by atoms with van der Waals surface area (Å²) in [4.78, 5) is 22.8. The van der Waals surface area contributed by atoms with Crippen LogP contribution in [0.5, 0.6) is 5.75 Å². The first-order valence-corrected chi connectivity index (χ1v) is 5.69. The number of amides is 1. The molecule has 0 bridgehead atoms. The number of halogens is 1. The molecule has 1 amide bonds. The lowest BCUT2D eigenvalue weighted by molar-refractivity contribution is -0.140. The smallest absolute Gasteiger partial charge is 0.325 e. The number of nitrogens with one attached hydrogen (secondary N) is 1. The van der Waals surface area contributed by atoms with Gasteiger partial charge in [0.15, 0.2) is 0 Å². The Morgan fingerprint density at radius 1 is 1.50 bits per heavy atom. The number of carbonyl (C=O) groups excluding carboxylic acids is 2. The molecule has 0 saturated heterocycles. The molecule has 18 heavy (non-hydrogen) atoms. The number of alkyl halides is 1. The van der Waals surface area contributed by atoms with Crippen LogP contribution in [-0.4, -0.2) is 36.0 Å². The number of hydrogen-bond donors (Lipinski definition) is 2. The van der Waals surface area contributed by atoms with E-state index in [1.807, 2.05) is 0 Å². The summed E-state index contributed by atoms with van der Waals surface area (Å²) in [6.45, 7) is 1.62. The van der Waals surface area contributed by atoms with Crippen molar-refractivity contribution in [2.75, 3.05) is 13.7 Å². The third-order valence-electron chi connectivity index (χ3n) is 2.38. The van der Waals surface area contributed by atoms with Gasteiger partial charge in [0, 0.05) is 6.54 Å². The Balaban J connectivity index is 2.66. The fourth-order valence-corrected chi connectivity index (χ4v) is 1.50. The molecule has 5 nitrogen and oxygen atoms in total. The number of para-hydroxylation sites is 1. The van der Waals surface area contributed by atoms with Crippen molar-refractivity contribution in [3.8, 4) is 5.75 Å². The van der Waals surface area contributed by atoms with Gasteiger partial charge in [-0.3, -0.25) is 9.59 Å². The second-order valence-electron chi connectivity index (χ2n) is 3.67. The lowest BCUT2D eigenvalue weighted by Crippen LogP contribution is -2.34. The van der Waals surface area contributed by atoms with E-state index in [1.54, 1.807) is 19.1 Å². The summed E-state index contributed by atoms with van der Waals surface area (Å²) >= 11 is 5.68. The zero-order chi connectivity index (χ0) is 13.7. The van der Waals surface area contributed by atoms with Crippen molar-refractivity contribution in [2.24, 2.45) is 0 Å². The Bertz CT molecular complexity index is 461. The molecule has 1 atom stereocenters. The van der Waals surface area contributed by atoms with E-state index in [4.69, 9.17) is 11.6 Å². The van der Waals surface area contributed by atoms with Gasteiger partial charge in [-0.05, 0) is 18.6 Å². The Hall–Kier alpha value is -1.75. The molecule has 1 aromatic rings.